The van der Waals surface area contributed by atoms with E-state index in [1.165, 1.54) is 4.31 Å². The van der Waals surface area contributed by atoms with Crippen LogP contribution in [0.1, 0.15) is 74.1 Å². The van der Waals surface area contributed by atoms with E-state index < -0.39 is 33.6 Å². The van der Waals surface area contributed by atoms with Crippen LogP contribution in [0.2, 0.25) is 0 Å². The molecule has 1 aliphatic heterocycles. The maximum Gasteiger partial charge on any atom is 0.422 e. The number of nitrogens with zero attached hydrogens (tertiary/aromatic N) is 2. The first-order valence-electron chi connectivity index (χ1n) is 10.1. The van der Waals surface area contributed by atoms with Crippen molar-refractivity contribution < 1.29 is 27.5 Å². The third-order valence-corrected chi connectivity index (χ3v) is 5.70. The first kappa shape index (κ1) is 25.5. The summed E-state index contributed by atoms with van der Waals surface area (Å²) < 4.78 is 39.5. The Kier molecular flexibility index (Phi) is 8.76. The highest BCUT2D eigenvalue weighted by Crippen LogP contribution is 2.22. The number of amides is 2. The van der Waals surface area contributed by atoms with Crippen LogP contribution in [-0.4, -0.2) is 66.7 Å². The molecule has 0 atom stereocenters. The molecule has 10 heteroatoms. The van der Waals surface area contributed by atoms with Crippen LogP contribution < -0.4 is 4.72 Å². The molecule has 1 aliphatic rings. The number of ether oxygens (including phenoxy) is 2. The van der Waals surface area contributed by atoms with Gasteiger partial charge in [-0.3, -0.25) is 0 Å². The van der Waals surface area contributed by atoms with E-state index in [-0.39, 0.29) is 6.04 Å². The SMILES string of the molecule is CCCCN(C1CCN(C(=O)OC(C)(C)C)CC1)S(=O)(=O)NC(=O)OC(C)(C)C. The molecule has 29 heavy (non-hydrogen) atoms. The normalized spacial score (nSPS) is 16.6. The molecule has 1 rings (SSSR count). The lowest BCUT2D eigenvalue weighted by molar-refractivity contribution is 0.0177. The maximum atomic E-state index is 12.8. The quantitative estimate of drug-likeness (QED) is 0.686. The van der Waals surface area contributed by atoms with Gasteiger partial charge in [0.1, 0.15) is 11.2 Å². The number of piperidine rings is 1. The number of nitrogens with one attached hydrogen (secondary N) is 1. The summed E-state index contributed by atoms with van der Waals surface area (Å²) in [5.41, 5.74) is -1.38. The number of carbonyl (C=O) groups is 2. The van der Waals surface area contributed by atoms with E-state index in [9.17, 15) is 18.0 Å². The number of carbonyl (C=O) groups excluding carboxylic acids is 2. The molecular weight excluding hydrogens is 398 g/mol. The minimum absolute atomic E-state index is 0.297. The molecule has 0 unspecified atom stereocenters. The van der Waals surface area contributed by atoms with Crippen LogP contribution in [0, 0.1) is 0 Å². The Balaban J connectivity index is 2.81. The summed E-state index contributed by atoms with van der Waals surface area (Å²) in [7, 11) is -4.06. The van der Waals surface area contributed by atoms with Crippen LogP contribution in [0.5, 0.6) is 0 Å². The second-order valence-corrected chi connectivity index (χ2v) is 10.9. The Morgan fingerprint density at radius 2 is 1.55 bits per heavy atom. The van der Waals surface area contributed by atoms with Crippen molar-refractivity contribution in [3.63, 3.8) is 0 Å². The fraction of sp³-hybridized carbons (Fsp3) is 0.895. The van der Waals surface area contributed by atoms with Gasteiger partial charge in [0.2, 0.25) is 0 Å². The average molecular weight is 436 g/mol. The Hall–Kier alpha value is -1.55. The highest BCUT2D eigenvalue weighted by molar-refractivity contribution is 7.87. The fourth-order valence-corrected chi connectivity index (χ4v) is 4.28. The van der Waals surface area contributed by atoms with Crippen molar-refractivity contribution in [3.8, 4) is 0 Å². The van der Waals surface area contributed by atoms with Crippen molar-refractivity contribution >= 4 is 22.4 Å². The summed E-state index contributed by atoms with van der Waals surface area (Å²) >= 11 is 0. The first-order valence-corrected chi connectivity index (χ1v) is 11.6. The summed E-state index contributed by atoms with van der Waals surface area (Å²) in [5, 5.41) is 0. The Labute approximate surface area is 175 Å². The summed E-state index contributed by atoms with van der Waals surface area (Å²) in [6.45, 7) is 13.5. The second kappa shape index (κ2) is 9.97. The van der Waals surface area contributed by atoms with E-state index >= 15 is 0 Å². The minimum Gasteiger partial charge on any atom is -0.444 e. The Bertz CT molecular complexity index is 658. The fourth-order valence-electron chi connectivity index (χ4n) is 2.94. The topological polar surface area (TPSA) is 105 Å². The van der Waals surface area contributed by atoms with Crippen molar-refractivity contribution in [2.24, 2.45) is 0 Å². The summed E-state index contributed by atoms with van der Waals surface area (Å²) in [4.78, 5) is 25.8. The predicted octanol–water partition coefficient (Wildman–Crippen LogP) is 3.26. The van der Waals surface area contributed by atoms with Gasteiger partial charge in [0, 0.05) is 25.7 Å². The van der Waals surface area contributed by atoms with Crippen molar-refractivity contribution in [3.05, 3.63) is 0 Å². The van der Waals surface area contributed by atoms with Crippen LogP contribution in [0.15, 0.2) is 0 Å². The highest BCUT2D eigenvalue weighted by atomic mass is 32.2. The lowest BCUT2D eigenvalue weighted by Gasteiger charge is -2.38. The summed E-state index contributed by atoms with van der Waals surface area (Å²) in [5.74, 6) is 0. The molecule has 0 radical (unpaired) electrons. The molecule has 0 spiro atoms. The summed E-state index contributed by atoms with van der Waals surface area (Å²) in [6.07, 6.45) is 1.03. The van der Waals surface area contributed by atoms with E-state index in [0.717, 1.165) is 6.42 Å². The zero-order chi connectivity index (χ0) is 22.5. The molecule has 0 bridgehead atoms. The Morgan fingerprint density at radius 1 is 1.03 bits per heavy atom. The van der Waals surface area contributed by atoms with Gasteiger partial charge in [0.05, 0.1) is 0 Å². The zero-order valence-electron chi connectivity index (χ0n) is 18.8. The van der Waals surface area contributed by atoms with Gasteiger partial charge in [-0.05, 0) is 60.8 Å². The molecule has 0 saturated carbocycles. The van der Waals surface area contributed by atoms with Crippen molar-refractivity contribution in [2.75, 3.05) is 19.6 Å². The Morgan fingerprint density at radius 3 is 2.00 bits per heavy atom. The lowest BCUT2D eigenvalue weighted by Crippen LogP contribution is -2.53. The van der Waals surface area contributed by atoms with Gasteiger partial charge in [-0.15, -0.1) is 0 Å². The molecule has 1 heterocycles. The van der Waals surface area contributed by atoms with Crippen LogP contribution >= 0.6 is 0 Å². The number of rotatable bonds is 6. The van der Waals surface area contributed by atoms with Crippen LogP contribution in [0.4, 0.5) is 9.59 Å². The maximum absolute atomic E-state index is 12.8. The largest absolute Gasteiger partial charge is 0.444 e. The molecule has 9 nitrogen and oxygen atoms in total. The van der Waals surface area contributed by atoms with Crippen LogP contribution in [0.3, 0.4) is 0 Å². The molecule has 2 amide bonds. The van der Waals surface area contributed by atoms with E-state index in [1.54, 1.807) is 46.4 Å². The van der Waals surface area contributed by atoms with Gasteiger partial charge >= 0.3 is 22.4 Å². The predicted molar refractivity (Wildman–Crippen MR) is 111 cm³/mol. The molecule has 0 aromatic heterocycles. The van der Waals surface area contributed by atoms with Gasteiger partial charge < -0.3 is 14.4 Å². The molecule has 1 saturated heterocycles. The van der Waals surface area contributed by atoms with Crippen LogP contribution in [0.25, 0.3) is 0 Å². The molecule has 1 fully saturated rings. The van der Waals surface area contributed by atoms with Gasteiger partial charge in [0.25, 0.3) is 0 Å². The van der Waals surface area contributed by atoms with Crippen molar-refractivity contribution in [1.29, 1.82) is 0 Å². The standard InChI is InChI=1S/C19H37N3O6S/c1-8-9-12-22(29(25,26)20-16(23)27-18(2,3)4)15-10-13-21(14-11-15)17(24)28-19(5,6)7/h15H,8-14H2,1-7H3,(H,20,23). The monoisotopic (exact) mass is 435 g/mol. The highest BCUT2D eigenvalue weighted by Gasteiger charge is 2.36. The zero-order valence-corrected chi connectivity index (χ0v) is 19.6. The van der Waals surface area contributed by atoms with Gasteiger partial charge in [-0.1, -0.05) is 13.3 Å². The smallest absolute Gasteiger partial charge is 0.422 e. The molecular formula is C19H37N3O6S. The van der Waals surface area contributed by atoms with E-state index in [1.807, 2.05) is 11.6 Å². The molecule has 170 valence electrons. The lowest BCUT2D eigenvalue weighted by atomic mass is 10.1. The average Bonchev–Trinajstić information content (AvgIpc) is 2.51. The number of likely N-dealkylation sites (tertiary alicyclic amines) is 1. The van der Waals surface area contributed by atoms with E-state index in [4.69, 9.17) is 9.47 Å². The first-order chi connectivity index (χ1) is 13.1. The number of hydrogen-bond acceptors (Lipinski definition) is 6. The molecule has 0 aromatic rings. The van der Waals surface area contributed by atoms with Crippen molar-refractivity contribution in [2.45, 2.75) is 91.4 Å². The third kappa shape index (κ3) is 9.20. The minimum atomic E-state index is -4.06. The third-order valence-electron chi connectivity index (χ3n) is 4.18. The summed E-state index contributed by atoms with van der Waals surface area (Å²) in [6, 6.07) is -0.305. The van der Waals surface area contributed by atoms with Crippen LogP contribution in [-0.2, 0) is 19.7 Å². The molecule has 0 aliphatic carbocycles. The number of unbranched alkanes of at least 4 members (excludes halogenated alkanes) is 1. The molecule has 0 aromatic carbocycles. The van der Waals surface area contributed by atoms with E-state index in [2.05, 4.69) is 0 Å². The van der Waals surface area contributed by atoms with E-state index in [0.29, 0.717) is 38.9 Å². The number of hydrogen-bond donors (Lipinski definition) is 1. The van der Waals surface area contributed by atoms with Gasteiger partial charge in [-0.25, -0.2) is 14.3 Å². The van der Waals surface area contributed by atoms with Crippen molar-refractivity contribution in [1.82, 2.24) is 13.9 Å². The second-order valence-electron chi connectivity index (χ2n) is 9.27. The van der Waals surface area contributed by atoms with Gasteiger partial charge in [-0.2, -0.15) is 12.7 Å². The molecule has 1 N–H and O–H groups in total. The van der Waals surface area contributed by atoms with Gasteiger partial charge in [0.15, 0.2) is 0 Å².